The lowest BCUT2D eigenvalue weighted by Gasteiger charge is -2.08. The highest BCUT2D eigenvalue weighted by molar-refractivity contribution is 8.13. The molecule has 1 heterocycles. The van der Waals surface area contributed by atoms with Gasteiger partial charge in [-0.3, -0.25) is 4.79 Å². The number of thioether (sulfide) groups is 1. The summed E-state index contributed by atoms with van der Waals surface area (Å²) in [5.74, 6) is 0.883. The molecule has 0 saturated heterocycles. The number of aromatic nitrogens is 1. The Hall–Kier alpha value is -1.74. The van der Waals surface area contributed by atoms with Crippen molar-refractivity contribution in [1.29, 1.82) is 0 Å². The summed E-state index contributed by atoms with van der Waals surface area (Å²) in [5.41, 5.74) is 5.17. The normalized spacial score (nSPS) is 11.4. The molecule has 0 saturated carbocycles. The van der Waals surface area contributed by atoms with Gasteiger partial charge in [0.25, 0.3) is 0 Å². The van der Waals surface area contributed by atoms with E-state index in [0.717, 1.165) is 18.7 Å². The summed E-state index contributed by atoms with van der Waals surface area (Å²) in [7, 11) is 0. The molecule has 0 fully saturated rings. The van der Waals surface area contributed by atoms with E-state index in [-0.39, 0.29) is 5.12 Å². The topological polar surface area (TPSA) is 22.0 Å². The number of carbonyl (C=O) groups is 1. The fraction of sp³-hybridized carbons (Fsp3) is 0.316. The molecule has 0 amide bonds. The van der Waals surface area contributed by atoms with Crippen LogP contribution < -0.4 is 0 Å². The molecule has 0 atom stereocenters. The largest absolute Gasteiger partial charge is 0.340 e. The third-order valence-corrected chi connectivity index (χ3v) is 4.91. The highest BCUT2D eigenvalue weighted by Gasteiger charge is 2.10. The molecule has 0 N–H and O–H groups in total. The van der Waals surface area contributed by atoms with Gasteiger partial charge in [-0.05, 0) is 43.5 Å². The third-order valence-electron chi connectivity index (χ3n) is 4.01. The Morgan fingerprint density at radius 2 is 1.55 bits per heavy atom. The number of hydrogen-bond acceptors (Lipinski definition) is 2. The number of hydrogen-bond donors (Lipinski definition) is 0. The first-order valence-electron chi connectivity index (χ1n) is 7.69. The minimum atomic E-state index is 0.203. The van der Waals surface area contributed by atoms with Crippen molar-refractivity contribution in [1.82, 2.24) is 4.57 Å². The van der Waals surface area contributed by atoms with Crippen molar-refractivity contribution in [3.05, 3.63) is 47.5 Å². The van der Waals surface area contributed by atoms with Crippen LogP contribution in [0.5, 0.6) is 0 Å². The average molecular weight is 311 g/mol. The van der Waals surface area contributed by atoms with Crippen LogP contribution in [0.2, 0.25) is 0 Å². The first-order chi connectivity index (χ1) is 10.6. The summed E-state index contributed by atoms with van der Waals surface area (Å²) < 4.78 is 2.41. The fourth-order valence-corrected chi connectivity index (χ4v) is 3.56. The molecular weight excluding hydrogens is 290 g/mol. The smallest absolute Gasteiger partial charge is 0.185 e. The van der Waals surface area contributed by atoms with Gasteiger partial charge >= 0.3 is 0 Å². The van der Waals surface area contributed by atoms with Crippen LogP contribution in [-0.4, -0.2) is 15.4 Å². The Morgan fingerprint density at radius 3 is 2.05 bits per heavy atom. The van der Waals surface area contributed by atoms with Gasteiger partial charge in [-0.1, -0.05) is 36.0 Å². The predicted molar refractivity (Wildman–Crippen MR) is 96.7 cm³/mol. The lowest BCUT2D eigenvalue weighted by atomic mass is 10.1. The molecular formula is C19H21NOS. The number of carbonyl (C=O) groups excluding carboxylic acids is 1. The van der Waals surface area contributed by atoms with E-state index in [1.807, 2.05) is 0 Å². The van der Waals surface area contributed by atoms with Gasteiger partial charge in [0.15, 0.2) is 5.12 Å². The lowest BCUT2D eigenvalue weighted by Crippen LogP contribution is -2.00. The Kier molecular flexibility index (Phi) is 4.25. The summed E-state index contributed by atoms with van der Waals surface area (Å²) in [6.07, 6.45) is 1.00. The van der Waals surface area contributed by atoms with E-state index in [1.54, 1.807) is 6.92 Å². The van der Waals surface area contributed by atoms with Crippen molar-refractivity contribution in [2.24, 2.45) is 0 Å². The second-order valence-electron chi connectivity index (χ2n) is 5.89. The van der Waals surface area contributed by atoms with Crippen LogP contribution in [0, 0.1) is 13.8 Å². The molecule has 0 radical (unpaired) electrons. The van der Waals surface area contributed by atoms with Gasteiger partial charge in [-0.15, -0.1) is 0 Å². The number of rotatable bonds is 4. The van der Waals surface area contributed by atoms with E-state index < -0.39 is 0 Å². The van der Waals surface area contributed by atoms with Gasteiger partial charge in [0.2, 0.25) is 0 Å². The predicted octanol–water partition coefficient (Wildman–Crippen LogP) is 5.08. The minimum Gasteiger partial charge on any atom is -0.340 e. The zero-order valence-corrected chi connectivity index (χ0v) is 14.2. The molecule has 0 unspecified atom stereocenters. The lowest BCUT2D eigenvalue weighted by molar-refractivity contribution is -0.109. The summed E-state index contributed by atoms with van der Waals surface area (Å²) in [6, 6.07) is 13.3. The number of benzene rings is 2. The molecule has 0 aliphatic carbocycles. The fourth-order valence-electron chi connectivity index (χ4n) is 2.99. The molecule has 2 nitrogen and oxygen atoms in total. The zero-order chi connectivity index (χ0) is 15.7. The van der Waals surface area contributed by atoms with Crippen molar-refractivity contribution in [3.8, 4) is 0 Å². The summed E-state index contributed by atoms with van der Waals surface area (Å²) in [5, 5.41) is 2.84. The summed E-state index contributed by atoms with van der Waals surface area (Å²) >= 11 is 1.42. The van der Waals surface area contributed by atoms with E-state index in [9.17, 15) is 4.79 Å². The molecule has 3 aromatic rings. The van der Waals surface area contributed by atoms with Crippen molar-refractivity contribution >= 4 is 38.7 Å². The van der Waals surface area contributed by atoms with Gasteiger partial charge in [0.05, 0.1) is 0 Å². The number of aryl methyl sites for hydroxylation is 3. The van der Waals surface area contributed by atoms with E-state index in [2.05, 4.69) is 54.8 Å². The van der Waals surface area contributed by atoms with E-state index >= 15 is 0 Å². The zero-order valence-electron chi connectivity index (χ0n) is 13.3. The van der Waals surface area contributed by atoms with E-state index in [1.165, 1.54) is 44.7 Å². The standard InChI is InChI=1S/C19H21NOS/c1-13-5-7-16-17-8-6-14(2)12-19(17)20(18(16)11-13)9-4-10-22-15(3)21/h5-8,11-12H,4,9-10H2,1-3H3. The van der Waals surface area contributed by atoms with Crippen molar-refractivity contribution in [2.75, 3.05) is 5.75 Å². The maximum Gasteiger partial charge on any atom is 0.185 e. The van der Waals surface area contributed by atoms with Crippen LogP contribution in [0.25, 0.3) is 21.8 Å². The number of fused-ring (bicyclic) bond motifs is 3. The molecule has 3 heteroatoms. The monoisotopic (exact) mass is 311 g/mol. The maximum absolute atomic E-state index is 11.1. The van der Waals surface area contributed by atoms with E-state index in [4.69, 9.17) is 0 Å². The average Bonchev–Trinajstić information content (AvgIpc) is 2.76. The van der Waals surface area contributed by atoms with Gasteiger partial charge in [-0.2, -0.15) is 0 Å². The van der Waals surface area contributed by atoms with Crippen LogP contribution >= 0.6 is 11.8 Å². The summed E-state index contributed by atoms with van der Waals surface area (Å²) in [4.78, 5) is 11.1. The molecule has 0 aliphatic rings. The first-order valence-corrected chi connectivity index (χ1v) is 8.67. The SMILES string of the molecule is CC(=O)SCCCn1c2cc(C)ccc2c2ccc(C)cc21. The number of nitrogens with zero attached hydrogens (tertiary/aromatic N) is 1. The van der Waals surface area contributed by atoms with Gasteiger partial charge in [-0.25, -0.2) is 0 Å². The Bertz CT molecular complexity index is 788. The van der Waals surface area contributed by atoms with Crippen LogP contribution in [0.3, 0.4) is 0 Å². The minimum absolute atomic E-state index is 0.203. The maximum atomic E-state index is 11.1. The molecule has 0 aliphatic heterocycles. The van der Waals surface area contributed by atoms with Crippen LogP contribution in [-0.2, 0) is 11.3 Å². The molecule has 2 aromatic carbocycles. The molecule has 1 aromatic heterocycles. The van der Waals surface area contributed by atoms with Crippen molar-refractivity contribution < 1.29 is 4.79 Å². The van der Waals surface area contributed by atoms with Crippen molar-refractivity contribution in [3.63, 3.8) is 0 Å². The van der Waals surface area contributed by atoms with Crippen LogP contribution in [0.15, 0.2) is 36.4 Å². The van der Waals surface area contributed by atoms with E-state index in [0.29, 0.717) is 0 Å². The Balaban J connectivity index is 2.05. The molecule has 0 spiro atoms. The molecule has 114 valence electrons. The highest BCUT2D eigenvalue weighted by atomic mass is 32.2. The van der Waals surface area contributed by atoms with Crippen molar-refractivity contribution in [2.45, 2.75) is 33.7 Å². The van der Waals surface area contributed by atoms with Crippen LogP contribution in [0.4, 0.5) is 0 Å². The van der Waals surface area contributed by atoms with Gasteiger partial charge in [0.1, 0.15) is 0 Å². The Morgan fingerprint density at radius 1 is 1.00 bits per heavy atom. The van der Waals surface area contributed by atoms with Gasteiger partial charge < -0.3 is 4.57 Å². The van der Waals surface area contributed by atoms with Gasteiger partial charge in [0, 0.05) is 41.0 Å². The quantitative estimate of drug-likeness (QED) is 0.627. The Labute approximate surface area is 135 Å². The molecule has 3 rings (SSSR count). The second kappa shape index (κ2) is 6.17. The molecule has 22 heavy (non-hydrogen) atoms. The first kappa shape index (κ1) is 15.2. The molecule has 0 bridgehead atoms. The third kappa shape index (κ3) is 2.91. The summed E-state index contributed by atoms with van der Waals surface area (Å²) in [6.45, 7) is 6.86. The second-order valence-corrected chi connectivity index (χ2v) is 7.16. The highest BCUT2D eigenvalue weighted by Crippen LogP contribution is 2.30. The van der Waals surface area contributed by atoms with Crippen LogP contribution in [0.1, 0.15) is 24.5 Å².